The van der Waals surface area contributed by atoms with Crippen molar-refractivity contribution in [1.29, 1.82) is 0 Å². The van der Waals surface area contributed by atoms with Crippen molar-refractivity contribution in [3.05, 3.63) is 45.4 Å². The molecule has 0 saturated carbocycles. The minimum atomic E-state index is -2.59. The van der Waals surface area contributed by atoms with Crippen LogP contribution in [0.5, 0.6) is 5.75 Å². The number of Topliss-reactive ketones (excluding diaryl/α,β-unsaturated/α-hetero) is 2. The second-order valence-electron chi connectivity index (χ2n) is 10.4. The number of allylic oxidation sites excluding steroid dienone is 2. The van der Waals surface area contributed by atoms with Crippen molar-refractivity contribution in [1.82, 2.24) is 5.32 Å². The minimum Gasteiger partial charge on any atom is -0.511 e. The molecule has 1 aromatic carbocycles. The summed E-state index contributed by atoms with van der Waals surface area (Å²) < 4.78 is 0. The van der Waals surface area contributed by atoms with Crippen LogP contribution < -0.4 is 16.0 Å². The fraction of sp³-hybridized carbons (Fsp3) is 0.500. The van der Waals surface area contributed by atoms with Crippen LogP contribution in [0.15, 0.2) is 28.7 Å². The molecule has 0 saturated heterocycles. The van der Waals surface area contributed by atoms with E-state index in [4.69, 9.17) is 10.8 Å². The number of phenols is 1. The maximum Gasteiger partial charge on any atom is 0.255 e. The topological polar surface area (TPSA) is 194 Å². The molecule has 0 bridgehead atoms. The third kappa shape index (κ3) is 4.07. The van der Waals surface area contributed by atoms with Crippen molar-refractivity contribution < 1.29 is 39.9 Å². The van der Waals surface area contributed by atoms with Crippen LogP contribution in [0.1, 0.15) is 47.7 Å². The molecule has 0 fully saturated rings. The van der Waals surface area contributed by atoms with Gasteiger partial charge >= 0.3 is 0 Å². The molecule has 1 unspecified atom stereocenters. The van der Waals surface area contributed by atoms with Crippen LogP contribution in [0, 0.1) is 11.8 Å². The first kappa shape index (κ1) is 26.6. The van der Waals surface area contributed by atoms with Crippen molar-refractivity contribution in [2.75, 3.05) is 25.6 Å². The molecular weight excluding hydrogens is 482 g/mol. The van der Waals surface area contributed by atoms with Crippen LogP contribution >= 0.6 is 0 Å². The number of primary amides is 1. The maximum absolute atomic E-state index is 13.8. The first-order chi connectivity index (χ1) is 17.3. The number of nitrogens with one attached hydrogen (secondary N) is 1. The van der Waals surface area contributed by atoms with Gasteiger partial charge in [-0.05, 0) is 43.7 Å². The molecule has 8 N–H and O–H groups in total. The number of ketones is 2. The molecule has 3 aliphatic rings. The van der Waals surface area contributed by atoms with E-state index in [0.717, 1.165) is 0 Å². The van der Waals surface area contributed by atoms with Gasteiger partial charge < -0.3 is 41.5 Å². The van der Waals surface area contributed by atoms with E-state index in [1.807, 2.05) is 11.8 Å². The largest absolute Gasteiger partial charge is 0.511 e. The second-order valence-corrected chi connectivity index (χ2v) is 10.4. The Morgan fingerprint density at radius 3 is 2.51 bits per heavy atom. The zero-order chi connectivity index (χ0) is 27.4. The third-order valence-corrected chi connectivity index (χ3v) is 7.80. The highest BCUT2D eigenvalue weighted by Gasteiger charge is 2.59. The molecule has 0 aliphatic heterocycles. The number of nitrogens with two attached hydrogens (primary N) is 1. The number of aromatic hydroxyl groups is 1. The van der Waals surface area contributed by atoms with Gasteiger partial charge in [-0.25, -0.2) is 0 Å². The van der Waals surface area contributed by atoms with E-state index < -0.39 is 52.0 Å². The molecule has 0 aromatic heterocycles. The second kappa shape index (κ2) is 9.47. The lowest BCUT2D eigenvalue weighted by atomic mass is 9.60. The van der Waals surface area contributed by atoms with Gasteiger partial charge in [0.25, 0.3) is 5.91 Å². The normalized spacial score (nSPS) is 26.0. The Kier molecular flexibility index (Phi) is 6.82. The van der Waals surface area contributed by atoms with E-state index in [2.05, 4.69) is 5.32 Å². The zero-order valence-corrected chi connectivity index (χ0v) is 21.0. The van der Waals surface area contributed by atoms with Gasteiger partial charge in [-0.2, -0.15) is 0 Å². The van der Waals surface area contributed by atoms with Gasteiger partial charge in [0.15, 0.2) is 11.4 Å². The van der Waals surface area contributed by atoms with Gasteiger partial charge in [0, 0.05) is 62.5 Å². The Labute approximate surface area is 213 Å². The Hall–Kier alpha value is -3.41. The Bertz CT molecular complexity index is 1250. The smallest absolute Gasteiger partial charge is 0.255 e. The Morgan fingerprint density at radius 2 is 1.92 bits per heavy atom. The molecule has 0 spiro atoms. The van der Waals surface area contributed by atoms with Crippen LogP contribution in [0.4, 0.5) is 5.69 Å². The number of hydrogen-bond donors (Lipinski definition) is 7. The third-order valence-electron chi connectivity index (χ3n) is 7.80. The SMILES string of the molecule is CC(CCO)NCc1cc(N(C)C)c2c(c1O)C(=O)C1=C(O)[C@]3(O)C(=O)C(C(N)=O)=C(O)C[C@@H]3C[C@@H]1C2. The number of carbonyl (C=O) groups is 3. The highest BCUT2D eigenvalue weighted by molar-refractivity contribution is 6.24. The average Bonchev–Trinajstić information content (AvgIpc) is 2.80. The summed E-state index contributed by atoms with van der Waals surface area (Å²) in [4.78, 5) is 40.5. The summed E-state index contributed by atoms with van der Waals surface area (Å²) in [6, 6.07) is 1.73. The highest BCUT2D eigenvalue weighted by Crippen LogP contribution is 2.52. The summed E-state index contributed by atoms with van der Waals surface area (Å²) in [5, 5.41) is 56.4. The average molecular weight is 516 g/mol. The summed E-state index contributed by atoms with van der Waals surface area (Å²) in [5.41, 5.74) is 3.35. The summed E-state index contributed by atoms with van der Waals surface area (Å²) in [6.45, 7) is 2.08. The van der Waals surface area contributed by atoms with Crippen LogP contribution in [-0.4, -0.2) is 75.4 Å². The number of phenolic OH excluding ortho intramolecular Hbond substituents is 1. The van der Waals surface area contributed by atoms with Crippen molar-refractivity contribution in [2.24, 2.45) is 17.6 Å². The van der Waals surface area contributed by atoms with E-state index >= 15 is 0 Å². The maximum atomic E-state index is 13.8. The van der Waals surface area contributed by atoms with Gasteiger partial charge in [-0.1, -0.05) is 0 Å². The Morgan fingerprint density at radius 1 is 1.24 bits per heavy atom. The lowest BCUT2D eigenvalue weighted by Gasteiger charge is -2.46. The molecule has 1 amide bonds. The number of rotatable bonds is 7. The zero-order valence-electron chi connectivity index (χ0n) is 21.0. The van der Waals surface area contributed by atoms with Crippen molar-refractivity contribution >= 4 is 23.2 Å². The molecule has 37 heavy (non-hydrogen) atoms. The van der Waals surface area contributed by atoms with E-state index in [1.54, 1.807) is 20.2 Å². The van der Waals surface area contributed by atoms with Crippen LogP contribution in [-0.2, 0) is 22.6 Å². The van der Waals surface area contributed by atoms with Gasteiger partial charge in [-0.15, -0.1) is 0 Å². The number of hydrogen-bond acceptors (Lipinski definition) is 10. The fourth-order valence-electron chi connectivity index (χ4n) is 5.84. The Balaban J connectivity index is 1.84. The minimum absolute atomic E-state index is 0.00630. The molecule has 0 heterocycles. The van der Waals surface area contributed by atoms with E-state index in [0.29, 0.717) is 23.2 Å². The molecule has 0 radical (unpaired) electrons. The predicted octanol–water partition coefficient (Wildman–Crippen LogP) is 0.507. The number of carbonyl (C=O) groups excluding carboxylic acids is 3. The molecule has 1 aromatic rings. The number of anilines is 1. The first-order valence-corrected chi connectivity index (χ1v) is 12.2. The molecule has 11 nitrogen and oxygen atoms in total. The number of aliphatic hydroxyl groups is 4. The standard InChI is InChI=1S/C26H33N3O8/c1-11(4-5-30)28-10-13-8-16(29(2)3)15-7-12-6-14-9-17(31)20(25(27)36)24(35)26(14,37)23(34)18(12)22(33)19(15)21(13)32/h8,11-12,14,28,30-32,34,37H,4-7,9-10H2,1-3H3,(H2,27,36)/t11?,12-,14+,26+/m1/s1. The van der Waals surface area contributed by atoms with Crippen molar-refractivity contribution in [2.45, 2.75) is 50.8 Å². The quantitative estimate of drug-likeness (QED) is 0.251. The molecular formula is C26H33N3O8. The summed E-state index contributed by atoms with van der Waals surface area (Å²) in [5.74, 6) is -6.45. The van der Waals surface area contributed by atoms with Gasteiger partial charge in [0.05, 0.1) is 5.56 Å². The molecule has 4 rings (SSSR count). The number of benzene rings is 1. The van der Waals surface area contributed by atoms with Gasteiger partial charge in [0.2, 0.25) is 5.78 Å². The van der Waals surface area contributed by atoms with Crippen LogP contribution in [0.2, 0.25) is 0 Å². The number of fused-ring (bicyclic) bond motifs is 3. The lowest BCUT2D eigenvalue weighted by Crippen LogP contribution is -2.57. The number of amides is 1. The van der Waals surface area contributed by atoms with E-state index in [9.17, 15) is 34.8 Å². The van der Waals surface area contributed by atoms with Crippen molar-refractivity contribution in [3.63, 3.8) is 0 Å². The van der Waals surface area contributed by atoms with Crippen molar-refractivity contribution in [3.8, 4) is 5.75 Å². The fourth-order valence-corrected chi connectivity index (χ4v) is 5.84. The molecule has 200 valence electrons. The van der Waals surface area contributed by atoms with Crippen LogP contribution in [0.3, 0.4) is 0 Å². The van der Waals surface area contributed by atoms with E-state index in [1.165, 1.54) is 0 Å². The monoisotopic (exact) mass is 515 g/mol. The molecule has 4 atom stereocenters. The first-order valence-electron chi connectivity index (χ1n) is 12.2. The van der Waals surface area contributed by atoms with Crippen LogP contribution in [0.25, 0.3) is 0 Å². The van der Waals surface area contributed by atoms with Gasteiger partial charge in [0.1, 0.15) is 22.8 Å². The predicted molar refractivity (Wildman–Crippen MR) is 133 cm³/mol. The summed E-state index contributed by atoms with van der Waals surface area (Å²) in [6.07, 6.45) is 0.555. The number of nitrogens with zero attached hydrogens (tertiary/aromatic N) is 1. The molecule has 11 heteroatoms. The highest BCUT2D eigenvalue weighted by atomic mass is 16.3. The molecule has 3 aliphatic carbocycles. The summed E-state index contributed by atoms with van der Waals surface area (Å²) in [7, 11) is 3.61. The van der Waals surface area contributed by atoms with E-state index in [-0.39, 0.29) is 55.3 Å². The van der Waals surface area contributed by atoms with Gasteiger partial charge in [-0.3, -0.25) is 14.4 Å². The summed E-state index contributed by atoms with van der Waals surface area (Å²) >= 11 is 0. The number of aliphatic hydroxyl groups excluding tert-OH is 3. The lowest BCUT2D eigenvalue weighted by molar-refractivity contribution is -0.144.